The van der Waals surface area contributed by atoms with E-state index in [1.54, 1.807) is 6.92 Å². The predicted molar refractivity (Wildman–Crippen MR) is 57.4 cm³/mol. The second-order valence-electron chi connectivity index (χ2n) is 3.25. The van der Waals surface area contributed by atoms with Crippen LogP contribution in [0.1, 0.15) is 19.8 Å². The molecule has 0 bridgehead atoms. The molecule has 1 unspecified atom stereocenters. The molecule has 1 rings (SSSR count). The summed E-state index contributed by atoms with van der Waals surface area (Å²) in [5, 5.41) is 2.92. The zero-order chi connectivity index (χ0) is 9.84. The molecule has 13 heavy (non-hydrogen) atoms. The molecule has 0 aromatic carbocycles. The molecule has 76 valence electrons. The van der Waals surface area contributed by atoms with Crippen LogP contribution < -0.4 is 5.32 Å². The van der Waals surface area contributed by atoms with Crippen LogP contribution in [-0.4, -0.2) is 32.5 Å². The van der Waals surface area contributed by atoms with Crippen molar-refractivity contribution >= 4 is 32.6 Å². The molecule has 0 aromatic heterocycles. The van der Waals surface area contributed by atoms with E-state index in [2.05, 4.69) is 21.2 Å². The summed E-state index contributed by atoms with van der Waals surface area (Å²) >= 11 is 3.21. The number of nitrogens with one attached hydrogen (secondary N) is 1. The van der Waals surface area contributed by atoms with Crippen LogP contribution in [0.4, 0.5) is 0 Å². The fourth-order valence-electron chi connectivity index (χ4n) is 1.25. The van der Waals surface area contributed by atoms with Gasteiger partial charge in [-0.1, -0.05) is 15.9 Å². The molecule has 0 aromatic rings. The summed E-state index contributed by atoms with van der Waals surface area (Å²) in [6.07, 6.45) is 1.69. The fraction of sp³-hybridized carbons (Fsp3) is 0.875. The Labute approximate surface area is 89.2 Å². The third-order valence-corrected chi connectivity index (χ3v) is 3.89. The molecule has 0 radical (unpaired) electrons. The molecule has 1 N–H and O–H groups in total. The first-order valence-electron chi connectivity index (χ1n) is 4.39. The Kier molecular flexibility index (Phi) is 4.38. The second-order valence-corrected chi connectivity index (χ2v) is 6.32. The minimum atomic E-state index is -0.649. The zero-order valence-corrected chi connectivity index (χ0v) is 9.99. The van der Waals surface area contributed by atoms with Gasteiger partial charge in [-0.2, -0.15) is 0 Å². The van der Waals surface area contributed by atoms with Gasteiger partial charge in [-0.3, -0.25) is 9.00 Å². The number of hydrogen-bond acceptors (Lipinski definition) is 2. The first-order valence-corrected chi connectivity index (χ1v) is 6.79. The van der Waals surface area contributed by atoms with Crippen molar-refractivity contribution in [3.05, 3.63) is 0 Å². The maximum Gasteiger partial charge on any atom is 0.233 e. The lowest BCUT2D eigenvalue weighted by Crippen LogP contribution is -2.42. The third-order valence-electron chi connectivity index (χ3n) is 2.10. The van der Waals surface area contributed by atoms with Crippen LogP contribution in [-0.2, 0) is 15.6 Å². The predicted octanol–water partition coefficient (Wildman–Crippen LogP) is 0.797. The molecule has 0 saturated carbocycles. The second kappa shape index (κ2) is 5.10. The zero-order valence-electron chi connectivity index (χ0n) is 7.59. The molecule has 1 aliphatic rings. The van der Waals surface area contributed by atoms with E-state index in [4.69, 9.17) is 0 Å². The summed E-state index contributed by atoms with van der Waals surface area (Å²) in [5.41, 5.74) is 0. The Balaban J connectivity index is 2.30. The molecular weight excluding hydrogens is 254 g/mol. The molecule has 1 fully saturated rings. The lowest BCUT2D eigenvalue weighted by molar-refractivity contribution is -0.120. The van der Waals surface area contributed by atoms with Crippen molar-refractivity contribution in [2.75, 3.05) is 11.5 Å². The number of hydrogen-bond donors (Lipinski definition) is 1. The van der Waals surface area contributed by atoms with Gasteiger partial charge in [0.05, 0.1) is 4.83 Å². The smallest absolute Gasteiger partial charge is 0.233 e. The highest BCUT2D eigenvalue weighted by molar-refractivity contribution is 9.10. The summed E-state index contributed by atoms with van der Waals surface area (Å²) in [6, 6.07) is 0.227. The average molecular weight is 268 g/mol. The molecule has 0 aliphatic carbocycles. The number of amides is 1. The Morgan fingerprint density at radius 3 is 2.54 bits per heavy atom. The molecule has 5 heteroatoms. The van der Waals surface area contributed by atoms with Crippen LogP contribution in [0.25, 0.3) is 0 Å². The minimum Gasteiger partial charge on any atom is -0.352 e. The van der Waals surface area contributed by atoms with Crippen molar-refractivity contribution in [3.63, 3.8) is 0 Å². The normalized spacial score (nSPS) is 30.9. The highest BCUT2D eigenvalue weighted by atomic mass is 79.9. The van der Waals surface area contributed by atoms with Crippen molar-refractivity contribution in [1.29, 1.82) is 0 Å². The van der Waals surface area contributed by atoms with Crippen molar-refractivity contribution in [3.8, 4) is 0 Å². The number of halogens is 1. The Morgan fingerprint density at radius 1 is 1.54 bits per heavy atom. The van der Waals surface area contributed by atoms with Crippen LogP contribution in [0.3, 0.4) is 0 Å². The lowest BCUT2D eigenvalue weighted by atomic mass is 10.1. The number of alkyl halides is 1. The summed E-state index contributed by atoms with van der Waals surface area (Å²) in [4.78, 5) is 11.1. The van der Waals surface area contributed by atoms with E-state index in [-0.39, 0.29) is 16.8 Å². The molecule has 0 spiro atoms. The largest absolute Gasteiger partial charge is 0.352 e. The van der Waals surface area contributed by atoms with Crippen LogP contribution in [0.5, 0.6) is 0 Å². The molecule has 1 atom stereocenters. The number of carbonyl (C=O) groups excluding carboxylic acids is 1. The van der Waals surface area contributed by atoms with E-state index in [0.29, 0.717) is 0 Å². The first kappa shape index (κ1) is 11.2. The van der Waals surface area contributed by atoms with Crippen molar-refractivity contribution in [2.45, 2.75) is 30.6 Å². The molecular formula is C8H14BrNO2S. The lowest BCUT2D eigenvalue weighted by Gasteiger charge is -2.23. The van der Waals surface area contributed by atoms with Crippen molar-refractivity contribution in [1.82, 2.24) is 5.32 Å². The summed E-state index contributed by atoms with van der Waals surface area (Å²) < 4.78 is 11.0. The van der Waals surface area contributed by atoms with E-state index in [1.165, 1.54) is 0 Å². The van der Waals surface area contributed by atoms with Crippen LogP contribution in [0, 0.1) is 0 Å². The number of carbonyl (C=O) groups is 1. The van der Waals surface area contributed by atoms with Crippen LogP contribution in [0.2, 0.25) is 0 Å². The van der Waals surface area contributed by atoms with Gasteiger partial charge in [0.2, 0.25) is 5.91 Å². The van der Waals surface area contributed by atoms with Gasteiger partial charge < -0.3 is 5.32 Å². The van der Waals surface area contributed by atoms with E-state index in [1.807, 2.05) is 0 Å². The van der Waals surface area contributed by atoms with Gasteiger partial charge in [-0.05, 0) is 19.8 Å². The third kappa shape index (κ3) is 3.77. The van der Waals surface area contributed by atoms with E-state index < -0.39 is 10.8 Å². The van der Waals surface area contributed by atoms with Gasteiger partial charge in [-0.25, -0.2) is 0 Å². The standard InChI is InChI=1S/C8H14BrNO2S/c1-6(9)8(11)10-7-2-4-13(12)5-3-7/h6-7H,2-5H2,1H3,(H,10,11). The van der Waals surface area contributed by atoms with E-state index >= 15 is 0 Å². The van der Waals surface area contributed by atoms with Crippen LogP contribution in [0.15, 0.2) is 0 Å². The van der Waals surface area contributed by atoms with Gasteiger partial charge in [0.1, 0.15) is 0 Å². The minimum absolute atomic E-state index is 0.0256. The molecule has 1 saturated heterocycles. The molecule has 1 amide bonds. The molecule has 1 aliphatic heterocycles. The van der Waals surface area contributed by atoms with Gasteiger partial charge in [0.25, 0.3) is 0 Å². The van der Waals surface area contributed by atoms with Crippen molar-refractivity contribution in [2.24, 2.45) is 0 Å². The van der Waals surface area contributed by atoms with Gasteiger partial charge >= 0.3 is 0 Å². The summed E-state index contributed by atoms with van der Waals surface area (Å²) in [6.45, 7) is 1.80. The maximum absolute atomic E-state index is 11.3. The molecule has 1 heterocycles. The Morgan fingerprint density at radius 2 is 2.08 bits per heavy atom. The van der Waals surface area contributed by atoms with Gasteiger partial charge in [0, 0.05) is 28.3 Å². The van der Waals surface area contributed by atoms with Crippen molar-refractivity contribution < 1.29 is 9.00 Å². The summed E-state index contributed by atoms with van der Waals surface area (Å²) in [7, 11) is -0.649. The van der Waals surface area contributed by atoms with Gasteiger partial charge in [0.15, 0.2) is 0 Å². The first-order chi connectivity index (χ1) is 6.09. The molecule has 3 nitrogen and oxygen atoms in total. The average Bonchev–Trinajstić information content (AvgIpc) is 2.08. The van der Waals surface area contributed by atoms with Gasteiger partial charge in [-0.15, -0.1) is 0 Å². The highest BCUT2D eigenvalue weighted by Gasteiger charge is 2.20. The van der Waals surface area contributed by atoms with Crippen LogP contribution >= 0.6 is 15.9 Å². The maximum atomic E-state index is 11.3. The quantitative estimate of drug-likeness (QED) is 0.753. The highest BCUT2D eigenvalue weighted by Crippen LogP contribution is 2.10. The SMILES string of the molecule is CC(Br)C(=O)NC1CCS(=O)CC1. The topological polar surface area (TPSA) is 46.2 Å². The monoisotopic (exact) mass is 267 g/mol. The summed E-state index contributed by atoms with van der Waals surface area (Å²) in [5.74, 6) is 1.47. The van der Waals surface area contributed by atoms with E-state index in [9.17, 15) is 9.00 Å². The Hall–Kier alpha value is 0.1000. The van der Waals surface area contributed by atoms with E-state index in [0.717, 1.165) is 24.3 Å². The fourth-order valence-corrected chi connectivity index (χ4v) is 2.69. The Bertz CT molecular complexity index is 210. The number of rotatable bonds is 2.